The van der Waals surface area contributed by atoms with E-state index in [-0.39, 0.29) is 0 Å². The van der Waals surface area contributed by atoms with E-state index in [2.05, 4.69) is 21.3 Å². The van der Waals surface area contributed by atoms with Crippen molar-refractivity contribution in [3.05, 3.63) is 0 Å². The van der Waals surface area contributed by atoms with E-state index >= 15 is 0 Å². The van der Waals surface area contributed by atoms with Crippen molar-refractivity contribution in [2.75, 3.05) is 13.4 Å². The van der Waals surface area contributed by atoms with E-state index in [9.17, 15) is 4.57 Å². The van der Waals surface area contributed by atoms with Gasteiger partial charge in [0, 0.05) is 7.11 Å². The number of hydrogen-bond donors (Lipinski definition) is 2. The maximum absolute atomic E-state index is 10.7. The molecule has 0 aliphatic rings. The summed E-state index contributed by atoms with van der Waals surface area (Å²) < 4.78 is 17.6. The Morgan fingerprint density at radius 1 is 1.88 bits per heavy atom. The predicted molar refractivity (Wildman–Crippen MR) is 40.3 cm³/mol. The molecule has 0 aliphatic heterocycles. The van der Waals surface area contributed by atoms with Gasteiger partial charge in [-0.15, -0.1) is 0 Å². The molecule has 1 N–H and O–H groups in total. The normalized spacial score (nSPS) is 17.9. The molecule has 0 bridgehead atoms. The number of nitrogens with one attached hydrogen (secondary N) is 1. The predicted octanol–water partition coefficient (Wildman–Crippen LogP) is 1.54. The molecule has 0 aromatic carbocycles. The molecule has 8 heavy (non-hydrogen) atoms. The van der Waals surface area contributed by atoms with E-state index in [4.69, 9.17) is 0 Å². The van der Waals surface area contributed by atoms with Gasteiger partial charge in [0.1, 0.15) is 0 Å². The standard InChI is InChI=1S/C2H8NO2PS2/c1-5-6(4,7)3-8-2/h1-2H3,(H2,3,4,7). The molecule has 0 spiro atoms. The summed E-state index contributed by atoms with van der Waals surface area (Å²) >= 11 is 4.89. The highest BCUT2D eigenvalue weighted by Crippen LogP contribution is 2.47. The van der Waals surface area contributed by atoms with Crippen molar-refractivity contribution < 1.29 is 9.09 Å². The lowest BCUT2D eigenvalue weighted by atomic mass is 11.8. The zero-order valence-corrected chi connectivity index (χ0v) is 7.22. The van der Waals surface area contributed by atoms with Gasteiger partial charge in [0.15, 0.2) is 0 Å². The zero-order chi connectivity index (χ0) is 6.62. The third-order valence-electron chi connectivity index (χ3n) is 0.454. The first-order valence-corrected chi connectivity index (χ1v) is 5.81. The fourth-order valence-corrected chi connectivity index (χ4v) is 2.11. The minimum atomic E-state index is -2.77. The van der Waals surface area contributed by atoms with Crippen molar-refractivity contribution in [3.8, 4) is 0 Å². The SMILES string of the molecule is COP(=O)(S)NSC. The van der Waals surface area contributed by atoms with Gasteiger partial charge in [-0.2, -0.15) is 4.49 Å². The highest BCUT2D eigenvalue weighted by Gasteiger charge is 2.11. The maximum atomic E-state index is 10.7. The van der Waals surface area contributed by atoms with Crippen LogP contribution in [0.5, 0.6) is 0 Å². The quantitative estimate of drug-likeness (QED) is 0.385. The summed E-state index contributed by atoms with van der Waals surface area (Å²) in [6.07, 6.45) is 1.75. The van der Waals surface area contributed by atoms with Crippen LogP contribution in [0.25, 0.3) is 0 Å². The molecule has 0 aromatic rings. The Bertz CT molecular complexity index is 108. The van der Waals surface area contributed by atoms with E-state index in [1.165, 1.54) is 19.1 Å². The summed E-state index contributed by atoms with van der Waals surface area (Å²) in [7, 11) is 1.34. The van der Waals surface area contributed by atoms with Gasteiger partial charge in [-0.1, -0.05) is 24.2 Å². The summed E-state index contributed by atoms with van der Waals surface area (Å²) in [5.74, 6) is 0. The largest absolute Gasteiger partial charge is 0.332 e. The molecule has 0 aliphatic carbocycles. The van der Waals surface area contributed by atoms with E-state index < -0.39 is 6.72 Å². The Morgan fingerprint density at radius 2 is 2.38 bits per heavy atom. The number of hydrogen-bond acceptors (Lipinski definition) is 3. The van der Waals surface area contributed by atoms with Gasteiger partial charge in [0.05, 0.1) is 0 Å². The van der Waals surface area contributed by atoms with Gasteiger partial charge >= 0.3 is 6.72 Å². The van der Waals surface area contributed by atoms with Crippen molar-refractivity contribution in [1.82, 2.24) is 4.49 Å². The molecule has 0 heterocycles. The number of rotatable bonds is 3. The van der Waals surface area contributed by atoms with E-state index in [0.717, 1.165) is 0 Å². The van der Waals surface area contributed by atoms with Crippen LogP contribution in [0.2, 0.25) is 0 Å². The molecular weight excluding hydrogens is 165 g/mol. The van der Waals surface area contributed by atoms with Crippen LogP contribution in [0.1, 0.15) is 0 Å². The second-order valence-corrected chi connectivity index (χ2v) is 5.12. The van der Waals surface area contributed by atoms with Crippen LogP contribution in [0.15, 0.2) is 0 Å². The second kappa shape index (κ2) is 3.80. The average Bonchev–Trinajstić information content (AvgIpc) is 1.67. The van der Waals surface area contributed by atoms with Crippen LogP contribution in [-0.2, 0) is 9.09 Å². The molecule has 0 saturated heterocycles. The van der Waals surface area contributed by atoms with Gasteiger partial charge in [-0.25, -0.2) is 0 Å². The van der Waals surface area contributed by atoms with Crippen LogP contribution >= 0.6 is 30.9 Å². The first-order chi connectivity index (χ1) is 3.62. The smallest absolute Gasteiger partial charge is 0.313 e. The van der Waals surface area contributed by atoms with Gasteiger partial charge in [-0.3, -0.25) is 4.57 Å². The van der Waals surface area contributed by atoms with Gasteiger partial charge in [-0.05, 0) is 6.26 Å². The molecule has 1 atom stereocenters. The topological polar surface area (TPSA) is 38.3 Å². The Morgan fingerprint density at radius 3 is 2.50 bits per heavy atom. The summed E-state index contributed by atoms with van der Waals surface area (Å²) in [6, 6.07) is 0. The molecule has 0 aromatic heterocycles. The van der Waals surface area contributed by atoms with Crippen molar-refractivity contribution >= 4 is 30.9 Å². The highest BCUT2D eigenvalue weighted by atomic mass is 32.7. The van der Waals surface area contributed by atoms with Crippen molar-refractivity contribution in [1.29, 1.82) is 0 Å². The van der Waals surface area contributed by atoms with Crippen molar-refractivity contribution in [2.45, 2.75) is 0 Å². The Balaban J connectivity index is 3.55. The summed E-state index contributed by atoms with van der Waals surface area (Å²) in [6.45, 7) is -2.77. The molecule has 0 rings (SSSR count). The average molecular weight is 173 g/mol. The Kier molecular flexibility index (Phi) is 4.20. The van der Waals surface area contributed by atoms with Crippen LogP contribution in [0.3, 0.4) is 0 Å². The van der Waals surface area contributed by atoms with Gasteiger partial charge in [0.2, 0.25) is 0 Å². The fraction of sp³-hybridized carbons (Fsp3) is 1.00. The Hall–Kier alpha value is 0.850. The van der Waals surface area contributed by atoms with E-state index in [1.807, 2.05) is 0 Å². The minimum absolute atomic E-state index is 1.22. The second-order valence-electron chi connectivity index (χ2n) is 0.998. The zero-order valence-electron chi connectivity index (χ0n) is 4.62. The van der Waals surface area contributed by atoms with Crippen LogP contribution in [0.4, 0.5) is 0 Å². The molecule has 0 saturated carbocycles. The Labute approximate surface area is 58.4 Å². The monoisotopic (exact) mass is 173 g/mol. The van der Waals surface area contributed by atoms with Crippen LogP contribution < -0.4 is 4.49 Å². The lowest BCUT2D eigenvalue weighted by molar-refractivity contribution is 0.408. The van der Waals surface area contributed by atoms with E-state index in [0.29, 0.717) is 0 Å². The summed E-state index contributed by atoms with van der Waals surface area (Å²) in [5.41, 5.74) is 0. The third-order valence-corrected chi connectivity index (χ3v) is 3.83. The molecule has 6 heteroatoms. The first kappa shape index (κ1) is 8.85. The number of thiol groups is 1. The molecule has 0 radical (unpaired) electrons. The molecule has 3 nitrogen and oxygen atoms in total. The lowest BCUT2D eigenvalue weighted by Gasteiger charge is -2.06. The van der Waals surface area contributed by atoms with Crippen molar-refractivity contribution in [2.24, 2.45) is 0 Å². The fourth-order valence-electron chi connectivity index (χ4n) is 0.153. The van der Waals surface area contributed by atoms with Crippen LogP contribution in [0, 0.1) is 0 Å². The molecule has 0 fully saturated rings. The van der Waals surface area contributed by atoms with E-state index in [1.54, 1.807) is 6.26 Å². The van der Waals surface area contributed by atoms with Crippen LogP contribution in [-0.4, -0.2) is 13.4 Å². The van der Waals surface area contributed by atoms with Gasteiger partial charge in [0.25, 0.3) is 0 Å². The molecular formula is C2H8NO2PS2. The highest BCUT2D eigenvalue weighted by molar-refractivity contribution is 8.47. The third kappa shape index (κ3) is 3.80. The summed E-state index contributed by atoms with van der Waals surface area (Å²) in [5, 5.41) is 0. The lowest BCUT2D eigenvalue weighted by Crippen LogP contribution is -1.94. The minimum Gasteiger partial charge on any atom is -0.313 e. The molecule has 0 amide bonds. The van der Waals surface area contributed by atoms with Crippen molar-refractivity contribution in [3.63, 3.8) is 0 Å². The summed E-state index contributed by atoms with van der Waals surface area (Å²) in [4.78, 5) is 0. The maximum Gasteiger partial charge on any atom is 0.332 e. The van der Waals surface area contributed by atoms with Gasteiger partial charge < -0.3 is 4.52 Å². The molecule has 1 unspecified atom stereocenters. The molecule has 50 valence electrons. The first-order valence-electron chi connectivity index (χ1n) is 1.81.